The van der Waals surface area contributed by atoms with Crippen LogP contribution in [-0.2, 0) is 0 Å². The van der Waals surface area contributed by atoms with Gasteiger partial charge in [0.25, 0.3) is 5.91 Å². The molecule has 10 heteroatoms. The molecule has 2 aromatic carbocycles. The second kappa shape index (κ2) is 12.1. The summed E-state index contributed by atoms with van der Waals surface area (Å²) in [5.41, 5.74) is 2.98. The van der Waals surface area contributed by atoms with Crippen molar-refractivity contribution in [1.29, 1.82) is 0 Å². The van der Waals surface area contributed by atoms with Crippen molar-refractivity contribution in [3.05, 3.63) is 59.2 Å². The Kier molecular flexibility index (Phi) is 8.68. The summed E-state index contributed by atoms with van der Waals surface area (Å²) in [6, 6.07) is 13.9. The first-order valence-corrected chi connectivity index (χ1v) is 12.9. The predicted octanol–water partition coefficient (Wildman–Crippen LogP) is 4.91. The fourth-order valence-electron chi connectivity index (χ4n) is 4.29. The maximum atomic E-state index is 12.5. The molecule has 1 aliphatic heterocycles. The predicted molar refractivity (Wildman–Crippen MR) is 150 cm³/mol. The molecule has 0 spiro atoms. The van der Waals surface area contributed by atoms with Crippen molar-refractivity contribution in [3.8, 4) is 5.75 Å². The van der Waals surface area contributed by atoms with Crippen LogP contribution in [0.5, 0.6) is 5.75 Å². The Morgan fingerprint density at radius 3 is 2.70 bits per heavy atom. The second-order valence-electron chi connectivity index (χ2n) is 9.01. The van der Waals surface area contributed by atoms with E-state index in [-0.39, 0.29) is 5.91 Å². The summed E-state index contributed by atoms with van der Waals surface area (Å²) in [5.74, 6) is 1.29. The van der Waals surface area contributed by atoms with Gasteiger partial charge in [0.2, 0.25) is 5.95 Å². The van der Waals surface area contributed by atoms with Crippen molar-refractivity contribution in [2.75, 3.05) is 55.9 Å². The Balaban J connectivity index is 1.56. The van der Waals surface area contributed by atoms with Crippen LogP contribution < -0.4 is 25.6 Å². The molecule has 0 unspecified atom stereocenters. The Labute approximate surface area is 223 Å². The van der Waals surface area contributed by atoms with Gasteiger partial charge in [-0.15, -0.1) is 0 Å². The molecule has 1 aliphatic rings. The minimum atomic E-state index is -0.175. The zero-order chi connectivity index (χ0) is 26.4. The molecule has 9 nitrogen and oxygen atoms in total. The van der Waals surface area contributed by atoms with Crippen LogP contribution >= 0.6 is 11.6 Å². The summed E-state index contributed by atoms with van der Waals surface area (Å²) in [5, 5.41) is 9.60. The first-order chi connectivity index (χ1) is 17.9. The van der Waals surface area contributed by atoms with Gasteiger partial charge in [-0.05, 0) is 58.6 Å². The van der Waals surface area contributed by atoms with Gasteiger partial charge in [-0.2, -0.15) is 4.98 Å². The van der Waals surface area contributed by atoms with Gasteiger partial charge in [-0.3, -0.25) is 4.79 Å². The highest BCUT2D eigenvalue weighted by Gasteiger charge is 2.25. The molecular weight excluding hydrogens is 490 g/mol. The number of rotatable bonds is 10. The van der Waals surface area contributed by atoms with E-state index in [1.54, 1.807) is 12.1 Å². The van der Waals surface area contributed by atoms with Gasteiger partial charge in [0.15, 0.2) is 5.82 Å². The summed E-state index contributed by atoms with van der Waals surface area (Å²) in [6.45, 7) is 6.89. The van der Waals surface area contributed by atoms with E-state index >= 15 is 0 Å². The number of hydrogen-bond acceptors (Lipinski definition) is 8. The van der Waals surface area contributed by atoms with E-state index in [9.17, 15) is 4.79 Å². The number of carbonyl (C=O) groups is 1. The standard InChI is InChI=1S/C27H34ClN7O2/c1-5-29-26(36)20-9-7-8-10-22(20)31-25-21(28)16-30-27(33-25)32-23-12-11-18(15-24(23)37-6-2)35-14-13-19(17-35)34(3)4/h7-12,15-16,19H,5-6,13-14,17H2,1-4H3,(H,29,36)(H2,30,31,32,33)/t19-/m0/s1. The maximum absolute atomic E-state index is 12.5. The van der Waals surface area contributed by atoms with Crippen molar-refractivity contribution >= 4 is 46.3 Å². The zero-order valence-electron chi connectivity index (χ0n) is 21.7. The van der Waals surface area contributed by atoms with Crippen LogP contribution in [0.15, 0.2) is 48.7 Å². The lowest BCUT2D eigenvalue weighted by Crippen LogP contribution is -2.31. The number of ether oxygens (including phenoxy) is 1. The molecule has 1 amide bonds. The van der Waals surface area contributed by atoms with E-state index < -0.39 is 0 Å². The molecule has 0 radical (unpaired) electrons. The number of hydrogen-bond donors (Lipinski definition) is 3. The van der Waals surface area contributed by atoms with E-state index in [4.69, 9.17) is 16.3 Å². The largest absolute Gasteiger partial charge is 0.492 e. The van der Waals surface area contributed by atoms with Crippen molar-refractivity contribution in [2.24, 2.45) is 0 Å². The molecule has 0 saturated carbocycles. The third-order valence-electron chi connectivity index (χ3n) is 6.28. The van der Waals surface area contributed by atoms with Crippen molar-refractivity contribution in [2.45, 2.75) is 26.3 Å². The van der Waals surface area contributed by atoms with E-state index in [0.29, 0.717) is 47.2 Å². The minimum absolute atomic E-state index is 0.175. The Morgan fingerprint density at radius 2 is 1.97 bits per heavy atom. The monoisotopic (exact) mass is 523 g/mol. The average molecular weight is 524 g/mol. The number of anilines is 5. The summed E-state index contributed by atoms with van der Waals surface area (Å²) in [6.07, 6.45) is 2.66. The normalized spacial score (nSPS) is 15.1. The number of aromatic nitrogens is 2. The van der Waals surface area contributed by atoms with Crippen LogP contribution in [0.2, 0.25) is 5.02 Å². The first-order valence-electron chi connectivity index (χ1n) is 12.5. The maximum Gasteiger partial charge on any atom is 0.253 e. The Hall–Kier alpha value is -3.56. The SMILES string of the molecule is CCNC(=O)c1ccccc1Nc1nc(Nc2ccc(N3CC[C@H](N(C)C)C3)cc2OCC)ncc1Cl. The van der Waals surface area contributed by atoms with Gasteiger partial charge < -0.3 is 30.5 Å². The second-order valence-corrected chi connectivity index (χ2v) is 9.42. The number of amides is 1. The summed E-state index contributed by atoms with van der Waals surface area (Å²) >= 11 is 6.40. The summed E-state index contributed by atoms with van der Waals surface area (Å²) < 4.78 is 5.96. The first kappa shape index (κ1) is 26.5. The van der Waals surface area contributed by atoms with Gasteiger partial charge >= 0.3 is 0 Å². The van der Waals surface area contributed by atoms with E-state index in [1.807, 2.05) is 32.0 Å². The van der Waals surface area contributed by atoms with Crippen LogP contribution in [0.1, 0.15) is 30.6 Å². The molecule has 1 aromatic heterocycles. The summed E-state index contributed by atoms with van der Waals surface area (Å²) in [7, 11) is 4.25. The van der Waals surface area contributed by atoms with E-state index in [1.165, 1.54) is 6.20 Å². The quantitative estimate of drug-likeness (QED) is 0.345. The third-order valence-corrected chi connectivity index (χ3v) is 6.55. The van der Waals surface area contributed by atoms with Gasteiger partial charge in [0.1, 0.15) is 10.8 Å². The number of benzene rings is 2. The highest BCUT2D eigenvalue weighted by atomic mass is 35.5. The Morgan fingerprint density at radius 1 is 1.16 bits per heavy atom. The number of nitrogens with zero attached hydrogens (tertiary/aromatic N) is 4. The molecule has 2 heterocycles. The number of likely N-dealkylation sites (N-methyl/N-ethyl adjacent to an activating group) is 1. The molecule has 1 atom stereocenters. The molecule has 0 bridgehead atoms. The highest BCUT2D eigenvalue weighted by Crippen LogP contribution is 2.34. The van der Waals surface area contributed by atoms with Crippen LogP contribution in [0.3, 0.4) is 0 Å². The average Bonchev–Trinajstić information content (AvgIpc) is 3.39. The van der Waals surface area contributed by atoms with Crippen LogP contribution in [-0.4, -0.2) is 67.2 Å². The highest BCUT2D eigenvalue weighted by molar-refractivity contribution is 6.33. The van der Waals surface area contributed by atoms with Crippen LogP contribution in [0.4, 0.5) is 28.8 Å². The molecule has 0 aliphatic carbocycles. The summed E-state index contributed by atoms with van der Waals surface area (Å²) in [4.78, 5) is 26.0. The molecule has 1 fully saturated rings. The van der Waals surface area contributed by atoms with Crippen molar-refractivity contribution in [1.82, 2.24) is 20.2 Å². The molecule has 3 N–H and O–H groups in total. The molecule has 196 valence electrons. The van der Waals surface area contributed by atoms with Gasteiger partial charge in [-0.1, -0.05) is 23.7 Å². The topological polar surface area (TPSA) is 94.6 Å². The Bertz CT molecular complexity index is 1240. The smallest absolute Gasteiger partial charge is 0.253 e. The number of para-hydroxylation sites is 1. The fraction of sp³-hybridized carbons (Fsp3) is 0.370. The van der Waals surface area contributed by atoms with Crippen molar-refractivity contribution < 1.29 is 9.53 Å². The van der Waals surface area contributed by atoms with E-state index in [2.05, 4.69) is 61.9 Å². The van der Waals surface area contributed by atoms with Crippen molar-refractivity contribution in [3.63, 3.8) is 0 Å². The number of nitrogens with one attached hydrogen (secondary N) is 3. The molecular formula is C27H34ClN7O2. The van der Waals surface area contributed by atoms with Gasteiger partial charge in [-0.25, -0.2) is 4.98 Å². The third kappa shape index (κ3) is 6.42. The van der Waals surface area contributed by atoms with E-state index in [0.717, 1.165) is 36.6 Å². The van der Waals surface area contributed by atoms with Gasteiger partial charge in [0, 0.05) is 37.4 Å². The number of halogens is 1. The lowest BCUT2D eigenvalue weighted by Gasteiger charge is -2.23. The molecule has 37 heavy (non-hydrogen) atoms. The molecule has 4 rings (SSSR count). The molecule has 3 aromatic rings. The lowest BCUT2D eigenvalue weighted by atomic mass is 10.1. The fourth-order valence-corrected chi connectivity index (χ4v) is 4.43. The van der Waals surface area contributed by atoms with Crippen LogP contribution in [0, 0.1) is 0 Å². The number of carbonyl (C=O) groups excluding carboxylic acids is 1. The minimum Gasteiger partial charge on any atom is -0.492 e. The molecule has 1 saturated heterocycles. The van der Waals surface area contributed by atoms with Crippen LogP contribution in [0.25, 0.3) is 0 Å². The lowest BCUT2D eigenvalue weighted by molar-refractivity contribution is 0.0956. The van der Waals surface area contributed by atoms with Gasteiger partial charge in [0.05, 0.1) is 29.7 Å². The zero-order valence-corrected chi connectivity index (χ0v) is 22.5.